The van der Waals surface area contributed by atoms with Crippen LogP contribution < -0.4 is 9.62 Å². The van der Waals surface area contributed by atoms with E-state index in [1.807, 2.05) is 51.1 Å². The number of halogens is 3. The van der Waals surface area contributed by atoms with Crippen molar-refractivity contribution in [2.45, 2.75) is 45.3 Å². The summed E-state index contributed by atoms with van der Waals surface area (Å²) in [6, 6.07) is 19.5. The van der Waals surface area contributed by atoms with Gasteiger partial charge in [-0.15, -0.1) is 0 Å². The maximum absolute atomic E-state index is 14.1. The third kappa shape index (κ3) is 8.86. The van der Waals surface area contributed by atoms with Gasteiger partial charge in [0.1, 0.15) is 12.6 Å². The van der Waals surface area contributed by atoms with Crippen LogP contribution in [0.25, 0.3) is 0 Å². The van der Waals surface area contributed by atoms with Gasteiger partial charge in [0.05, 0.1) is 17.0 Å². The summed E-state index contributed by atoms with van der Waals surface area (Å²) in [5.41, 5.74) is 0.935. The van der Waals surface area contributed by atoms with Crippen LogP contribution in [0.4, 0.5) is 5.69 Å². The van der Waals surface area contributed by atoms with Gasteiger partial charge in [0, 0.05) is 28.5 Å². The Morgan fingerprint density at radius 2 is 1.52 bits per heavy atom. The smallest absolute Gasteiger partial charge is 0.244 e. The molecule has 3 aromatic carbocycles. The zero-order chi connectivity index (χ0) is 29.7. The lowest BCUT2D eigenvalue weighted by Crippen LogP contribution is -2.56. The number of para-hydroxylation sites is 1. The second-order valence-electron chi connectivity index (χ2n) is 10.4. The SMILES string of the molecule is CC(C)(C)NC(=O)[C@H](Cc1ccccc1)N(Cc1ccc(Cl)cc1Cl)C(=O)CN(c1ccccc1Cl)S(C)(=O)=O. The lowest BCUT2D eigenvalue weighted by atomic mass is 10.0. The zero-order valence-corrected chi connectivity index (χ0v) is 25.8. The predicted molar refractivity (Wildman–Crippen MR) is 162 cm³/mol. The minimum Gasteiger partial charge on any atom is -0.350 e. The highest BCUT2D eigenvalue weighted by atomic mass is 35.5. The van der Waals surface area contributed by atoms with E-state index < -0.39 is 40.0 Å². The molecular formula is C29H32Cl3N3O4S. The monoisotopic (exact) mass is 623 g/mol. The molecule has 11 heteroatoms. The molecule has 1 N–H and O–H groups in total. The van der Waals surface area contributed by atoms with Crippen LogP contribution in [0.15, 0.2) is 72.8 Å². The first-order valence-corrected chi connectivity index (χ1v) is 15.5. The maximum atomic E-state index is 14.1. The van der Waals surface area contributed by atoms with Crippen molar-refractivity contribution in [2.75, 3.05) is 17.1 Å². The summed E-state index contributed by atoms with van der Waals surface area (Å²) in [6.45, 7) is 4.88. The molecule has 0 aromatic heterocycles. The Bertz CT molecular complexity index is 1460. The van der Waals surface area contributed by atoms with Gasteiger partial charge in [0.2, 0.25) is 21.8 Å². The second-order valence-corrected chi connectivity index (χ2v) is 13.6. The van der Waals surface area contributed by atoms with Crippen LogP contribution in [0, 0.1) is 0 Å². The Hall–Kier alpha value is -2.78. The molecule has 214 valence electrons. The van der Waals surface area contributed by atoms with Crippen molar-refractivity contribution in [1.82, 2.24) is 10.2 Å². The van der Waals surface area contributed by atoms with E-state index in [1.165, 1.54) is 11.0 Å². The van der Waals surface area contributed by atoms with Gasteiger partial charge in [-0.05, 0) is 56.2 Å². The third-order valence-corrected chi connectivity index (χ3v) is 7.96. The summed E-state index contributed by atoms with van der Waals surface area (Å²) >= 11 is 18.9. The fourth-order valence-corrected chi connectivity index (χ4v) is 5.71. The van der Waals surface area contributed by atoms with E-state index in [-0.39, 0.29) is 23.7 Å². The number of nitrogens with zero attached hydrogens (tertiary/aromatic N) is 2. The van der Waals surface area contributed by atoms with Crippen molar-refractivity contribution >= 4 is 62.3 Å². The van der Waals surface area contributed by atoms with Crippen molar-refractivity contribution in [3.63, 3.8) is 0 Å². The number of hydrogen-bond acceptors (Lipinski definition) is 4. The number of carbonyl (C=O) groups is 2. The summed E-state index contributed by atoms with van der Waals surface area (Å²) in [6.07, 6.45) is 1.18. The number of nitrogens with one attached hydrogen (secondary N) is 1. The van der Waals surface area contributed by atoms with Crippen LogP contribution in [0.5, 0.6) is 0 Å². The fraction of sp³-hybridized carbons (Fsp3) is 0.310. The molecule has 0 spiro atoms. The number of rotatable bonds is 10. The topological polar surface area (TPSA) is 86.8 Å². The molecule has 0 aliphatic heterocycles. The molecule has 0 heterocycles. The summed E-state index contributed by atoms with van der Waals surface area (Å²) in [7, 11) is -3.93. The number of sulfonamides is 1. The molecule has 3 aromatic rings. The number of hydrogen-bond donors (Lipinski definition) is 1. The molecule has 0 saturated heterocycles. The Balaban J connectivity index is 2.11. The molecule has 1 atom stereocenters. The van der Waals surface area contributed by atoms with Crippen LogP contribution in [-0.2, 0) is 32.6 Å². The highest BCUT2D eigenvalue weighted by Gasteiger charge is 2.35. The number of amides is 2. The lowest BCUT2D eigenvalue weighted by molar-refractivity contribution is -0.140. The first-order valence-electron chi connectivity index (χ1n) is 12.5. The Morgan fingerprint density at radius 3 is 2.10 bits per heavy atom. The normalized spacial score (nSPS) is 12.5. The van der Waals surface area contributed by atoms with E-state index >= 15 is 0 Å². The quantitative estimate of drug-likeness (QED) is 0.301. The van der Waals surface area contributed by atoms with Gasteiger partial charge < -0.3 is 10.2 Å². The predicted octanol–water partition coefficient (Wildman–Crippen LogP) is 5.97. The number of benzene rings is 3. The Labute approximate surface area is 251 Å². The summed E-state index contributed by atoms with van der Waals surface area (Å²) in [5, 5.41) is 3.86. The molecule has 0 aliphatic rings. The van der Waals surface area contributed by atoms with Crippen LogP contribution in [-0.4, -0.2) is 49.5 Å². The van der Waals surface area contributed by atoms with Gasteiger partial charge in [0.25, 0.3) is 0 Å². The van der Waals surface area contributed by atoms with Gasteiger partial charge >= 0.3 is 0 Å². The van der Waals surface area contributed by atoms with Crippen molar-refractivity contribution in [3.8, 4) is 0 Å². The molecule has 0 saturated carbocycles. The molecule has 7 nitrogen and oxygen atoms in total. The molecule has 2 amide bonds. The first kappa shape index (κ1) is 31.7. The standard InChI is InChI=1S/C29H32Cl3N3O4S/c1-29(2,3)33-28(37)26(16-20-10-6-5-7-11-20)34(18-21-14-15-22(30)17-24(21)32)27(36)19-35(40(4,38)39)25-13-9-8-12-23(25)31/h5-15,17,26H,16,18-19H2,1-4H3,(H,33,37)/t26-/m0/s1. The molecule has 0 fully saturated rings. The van der Waals surface area contributed by atoms with Gasteiger partial charge in [-0.1, -0.05) is 83.3 Å². The maximum Gasteiger partial charge on any atom is 0.244 e. The van der Waals surface area contributed by atoms with Crippen molar-refractivity contribution in [3.05, 3.63) is 99.0 Å². The van der Waals surface area contributed by atoms with Gasteiger partial charge in [-0.25, -0.2) is 8.42 Å². The van der Waals surface area contributed by atoms with Gasteiger partial charge in [-0.3, -0.25) is 13.9 Å². The van der Waals surface area contributed by atoms with Gasteiger partial charge in [0.15, 0.2) is 0 Å². The van der Waals surface area contributed by atoms with E-state index in [4.69, 9.17) is 34.8 Å². The zero-order valence-electron chi connectivity index (χ0n) is 22.7. The molecule has 0 aliphatic carbocycles. The molecule has 3 rings (SSSR count). The molecule has 0 radical (unpaired) electrons. The lowest BCUT2D eigenvalue weighted by Gasteiger charge is -2.35. The Morgan fingerprint density at radius 1 is 0.900 bits per heavy atom. The average Bonchev–Trinajstić information content (AvgIpc) is 2.85. The molecule has 0 unspecified atom stereocenters. The van der Waals surface area contributed by atoms with Crippen LogP contribution >= 0.6 is 34.8 Å². The molecule has 0 bridgehead atoms. The number of carbonyl (C=O) groups excluding carboxylic acids is 2. The van der Waals surface area contributed by atoms with Crippen molar-refractivity contribution in [1.29, 1.82) is 0 Å². The van der Waals surface area contributed by atoms with Crippen molar-refractivity contribution in [2.24, 2.45) is 0 Å². The minimum absolute atomic E-state index is 0.0655. The van der Waals surface area contributed by atoms with Crippen LogP contribution in [0.2, 0.25) is 15.1 Å². The minimum atomic E-state index is -3.93. The second kappa shape index (κ2) is 13.3. The van der Waals surface area contributed by atoms with E-state index in [0.717, 1.165) is 16.1 Å². The first-order chi connectivity index (χ1) is 18.7. The third-order valence-electron chi connectivity index (χ3n) is 5.93. The summed E-state index contributed by atoms with van der Waals surface area (Å²) in [5.74, 6) is -1.00. The van der Waals surface area contributed by atoms with E-state index in [9.17, 15) is 18.0 Å². The largest absolute Gasteiger partial charge is 0.350 e. The number of anilines is 1. The van der Waals surface area contributed by atoms with E-state index in [1.54, 1.807) is 36.4 Å². The van der Waals surface area contributed by atoms with Crippen molar-refractivity contribution < 1.29 is 18.0 Å². The van der Waals surface area contributed by atoms with Crippen LogP contribution in [0.1, 0.15) is 31.9 Å². The molecule has 40 heavy (non-hydrogen) atoms. The van der Waals surface area contributed by atoms with E-state index in [0.29, 0.717) is 15.6 Å². The summed E-state index contributed by atoms with van der Waals surface area (Å²) in [4.78, 5) is 29.2. The highest BCUT2D eigenvalue weighted by molar-refractivity contribution is 7.92. The average molecular weight is 625 g/mol. The summed E-state index contributed by atoms with van der Waals surface area (Å²) < 4.78 is 26.7. The van der Waals surface area contributed by atoms with Gasteiger partial charge in [-0.2, -0.15) is 0 Å². The van der Waals surface area contributed by atoms with E-state index in [2.05, 4.69) is 5.32 Å². The fourth-order valence-electron chi connectivity index (χ4n) is 4.09. The Kier molecular flexibility index (Phi) is 10.5. The molecular weight excluding hydrogens is 593 g/mol. The van der Waals surface area contributed by atoms with Crippen LogP contribution in [0.3, 0.4) is 0 Å². The highest BCUT2D eigenvalue weighted by Crippen LogP contribution is 2.29.